The molecule has 1 rings (SSSR count). The Morgan fingerprint density at radius 3 is 2.33 bits per heavy atom. The molecule has 0 saturated heterocycles. The summed E-state index contributed by atoms with van der Waals surface area (Å²) in [5, 5.41) is 2.78. The first-order valence-electron chi connectivity index (χ1n) is 7.18. The average Bonchev–Trinajstić information content (AvgIpc) is 2.37. The molecule has 0 radical (unpaired) electrons. The summed E-state index contributed by atoms with van der Waals surface area (Å²) in [6.45, 7) is 9.82. The van der Waals surface area contributed by atoms with E-state index in [0.29, 0.717) is 6.61 Å². The highest BCUT2D eigenvalue weighted by Gasteiger charge is 2.20. The Hall–Kier alpha value is -1.59. The van der Waals surface area contributed by atoms with Gasteiger partial charge in [0.2, 0.25) is 0 Å². The zero-order valence-corrected chi connectivity index (χ0v) is 13.5. The van der Waals surface area contributed by atoms with Gasteiger partial charge in [0.15, 0.2) is 0 Å². The molecule has 0 spiro atoms. The van der Waals surface area contributed by atoms with E-state index in [2.05, 4.69) is 10.8 Å². The monoisotopic (exact) mass is 294 g/mol. The molecular formula is C16H26N2O3. The van der Waals surface area contributed by atoms with E-state index in [-0.39, 0.29) is 12.1 Å². The third kappa shape index (κ3) is 7.68. The van der Waals surface area contributed by atoms with Crippen LogP contribution in [-0.2, 0) is 16.2 Å². The van der Waals surface area contributed by atoms with Crippen molar-refractivity contribution in [2.24, 2.45) is 0 Å². The minimum absolute atomic E-state index is 0.0405. The first kappa shape index (κ1) is 17.5. The van der Waals surface area contributed by atoms with Crippen LogP contribution in [0.4, 0.5) is 4.79 Å². The van der Waals surface area contributed by atoms with E-state index in [9.17, 15) is 4.79 Å². The minimum Gasteiger partial charge on any atom is -0.444 e. The quantitative estimate of drug-likeness (QED) is 0.792. The van der Waals surface area contributed by atoms with E-state index < -0.39 is 11.7 Å². The van der Waals surface area contributed by atoms with Crippen molar-refractivity contribution >= 4 is 6.09 Å². The highest BCUT2D eigenvalue weighted by Crippen LogP contribution is 2.07. The van der Waals surface area contributed by atoms with Crippen molar-refractivity contribution in [2.75, 3.05) is 0 Å². The predicted octanol–water partition coefficient (Wildman–Crippen LogP) is 3.01. The Kier molecular flexibility index (Phi) is 6.65. The summed E-state index contributed by atoms with van der Waals surface area (Å²) in [5.41, 5.74) is 3.52. The summed E-state index contributed by atoms with van der Waals surface area (Å²) in [7, 11) is 0. The van der Waals surface area contributed by atoms with Crippen molar-refractivity contribution in [3.05, 3.63) is 35.9 Å². The van der Waals surface area contributed by atoms with Crippen LogP contribution in [0.15, 0.2) is 30.3 Å². The third-order valence-electron chi connectivity index (χ3n) is 2.85. The molecule has 1 aromatic rings. The molecule has 2 atom stereocenters. The predicted molar refractivity (Wildman–Crippen MR) is 82.7 cm³/mol. The van der Waals surface area contributed by atoms with Gasteiger partial charge in [-0.25, -0.2) is 4.79 Å². The number of hydroxylamine groups is 1. The van der Waals surface area contributed by atoms with Gasteiger partial charge in [-0.1, -0.05) is 30.3 Å². The second kappa shape index (κ2) is 8.00. The van der Waals surface area contributed by atoms with Gasteiger partial charge in [0, 0.05) is 12.1 Å². The molecule has 0 aliphatic rings. The van der Waals surface area contributed by atoms with Gasteiger partial charge in [-0.2, -0.15) is 5.48 Å². The van der Waals surface area contributed by atoms with Crippen LogP contribution in [0, 0.1) is 0 Å². The smallest absolute Gasteiger partial charge is 0.407 e. The van der Waals surface area contributed by atoms with E-state index in [1.165, 1.54) is 0 Å². The van der Waals surface area contributed by atoms with Crippen LogP contribution in [-0.4, -0.2) is 23.8 Å². The molecule has 5 nitrogen and oxygen atoms in total. The molecule has 0 aromatic heterocycles. The first-order chi connectivity index (χ1) is 9.78. The number of carbonyl (C=O) groups excluding carboxylic acids is 1. The maximum absolute atomic E-state index is 11.7. The van der Waals surface area contributed by atoms with Gasteiger partial charge in [0.05, 0.1) is 6.61 Å². The molecule has 0 bridgehead atoms. The van der Waals surface area contributed by atoms with Gasteiger partial charge >= 0.3 is 6.09 Å². The molecule has 21 heavy (non-hydrogen) atoms. The van der Waals surface area contributed by atoms with Gasteiger partial charge in [0.25, 0.3) is 0 Å². The van der Waals surface area contributed by atoms with Gasteiger partial charge < -0.3 is 10.1 Å². The van der Waals surface area contributed by atoms with Crippen LogP contribution in [0.2, 0.25) is 0 Å². The summed E-state index contributed by atoms with van der Waals surface area (Å²) in [4.78, 5) is 17.1. The standard InChI is InChI=1S/C16H26N2O3/c1-12(17-15(19)21-16(3,4)5)13(2)18-20-11-14-9-7-6-8-10-14/h6-10,12-13,18H,11H2,1-5H3,(H,17,19). The molecule has 5 heteroatoms. The number of benzene rings is 1. The number of amides is 1. The van der Waals surface area contributed by atoms with Crippen LogP contribution in [0.1, 0.15) is 40.2 Å². The van der Waals surface area contributed by atoms with Crippen LogP contribution in [0.25, 0.3) is 0 Å². The van der Waals surface area contributed by atoms with Crippen molar-refractivity contribution in [2.45, 2.75) is 58.9 Å². The zero-order valence-electron chi connectivity index (χ0n) is 13.5. The fourth-order valence-corrected chi connectivity index (χ4v) is 1.55. The lowest BCUT2D eigenvalue weighted by Gasteiger charge is -2.25. The van der Waals surface area contributed by atoms with Crippen LogP contribution < -0.4 is 10.8 Å². The number of rotatable bonds is 6. The SMILES string of the molecule is CC(NOCc1ccccc1)C(C)NC(=O)OC(C)(C)C. The normalized spacial score (nSPS) is 14.3. The Labute approximate surface area is 127 Å². The van der Waals surface area contributed by atoms with E-state index in [4.69, 9.17) is 9.57 Å². The van der Waals surface area contributed by atoms with Gasteiger partial charge in [-0.3, -0.25) is 4.84 Å². The molecule has 0 heterocycles. The van der Waals surface area contributed by atoms with Crippen molar-refractivity contribution in [3.63, 3.8) is 0 Å². The summed E-state index contributed by atoms with van der Waals surface area (Å²) in [6.07, 6.45) is -0.424. The van der Waals surface area contributed by atoms with Crippen LogP contribution >= 0.6 is 0 Å². The first-order valence-corrected chi connectivity index (χ1v) is 7.18. The second-order valence-corrected chi connectivity index (χ2v) is 6.12. The maximum Gasteiger partial charge on any atom is 0.407 e. The zero-order chi connectivity index (χ0) is 15.9. The fraction of sp³-hybridized carbons (Fsp3) is 0.562. The number of hydrogen-bond acceptors (Lipinski definition) is 4. The fourth-order valence-electron chi connectivity index (χ4n) is 1.55. The molecule has 118 valence electrons. The Balaban J connectivity index is 2.28. The highest BCUT2D eigenvalue weighted by atomic mass is 16.6. The van der Waals surface area contributed by atoms with E-state index in [0.717, 1.165) is 5.56 Å². The third-order valence-corrected chi connectivity index (χ3v) is 2.85. The second-order valence-electron chi connectivity index (χ2n) is 6.12. The Bertz CT molecular complexity index is 429. The lowest BCUT2D eigenvalue weighted by atomic mass is 10.2. The number of hydrogen-bond donors (Lipinski definition) is 2. The highest BCUT2D eigenvalue weighted by molar-refractivity contribution is 5.68. The molecule has 0 aliphatic carbocycles. The number of ether oxygens (including phenoxy) is 1. The molecule has 0 saturated carbocycles. The van der Waals surface area contributed by atoms with Gasteiger partial charge in [-0.05, 0) is 40.2 Å². The van der Waals surface area contributed by atoms with E-state index in [1.807, 2.05) is 65.0 Å². The lowest BCUT2D eigenvalue weighted by Crippen LogP contribution is -2.47. The summed E-state index contributed by atoms with van der Waals surface area (Å²) < 4.78 is 5.21. The van der Waals surface area contributed by atoms with Gasteiger partial charge in [0.1, 0.15) is 5.60 Å². The molecule has 2 N–H and O–H groups in total. The number of nitrogens with one attached hydrogen (secondary N) is 2. The van der Waals surface area contributed by atoms with E-state index in [1.54, 1.807) is 0 Å². The van der Waals surface area contributed by atoms with Crippen molar-refractivity contribution in [1.82, 2.24) is 10.8 Å². The largest absolute Gasteiger partial charge is 0.444 e. The molecule has 1 aromatic carbocycles. The average molecular weight is 294 g/mol. The van der Waals surface area contributed by atoms with Crippen LogP contribution in [0.3, 0.4) is 0 Å². The van der Waals surface area contributed by atoms with Crippen molar-refractivity contribution < 1.29 is 14.4 Å². The summed E-state index contributed by atoms with van der Waals surface area (Å²) in [6, 6.07) is 9.73. The molecule has 2 unspecified atom stereocenters. The van der Waals surface area contributed by atoms with Crippen molar-refractivity contribution in [1.29, 1.82) is 0 Å². The Morgan fingerprint density at radius 1 is 1.14 bits per heavy atom. The lowest BCUT2D eigenvalue weighted by molar-refractivity contribution is -0.00156. The number of alkyl carbamates (subject to hydrolysis) is 1. The maximum atomic E-state index is 11.7. The molecular weight excluding hydrogens is 268 g/mol. The number of carbonyl (C=O) groups is 1. The van der Waals surface area contributed by atoms with Crippen molar-refractivity contribution in [3.8, 4) is 0 Å². The van der Waals surface area contributed by atoms with E-state index >= 15 is 0 Å². The Morgan fingerprint density at radius 2 is 1.76 bits per heavy atom. The topological polar surface area (TPSA) is 59.6 Å². The summed E-state index contributed by atoms with van der Waals surface area (Å²) in [5.74, 6) is 0. The molecule has 0 fully saturated rings. The van der Waals surface area contributed by atoms with Gasteiger partial charge in [-0.15, -0.1) is 0 Å². The minimum atomic E-state index is -0.496. The summed E-state index contributed by atoms with van der Waals surface area (Å²) >= 11 is 0. The molecule has 1 amide bonds. The molecule has 0 aliphatic heterocycles. The van der Waals surface area contributed by atoms with Crippen LogP contribution in [0.5, 0.6) is 0 Å².